The second kappa shape index (κ2) is 10.2. The molecule has 1 fully saturated rings. The Hall–Kier alpha value is -2.93. The van der Waals surface area contributed by atoms with Crippen molar-refractivity contribution in [1.29, 1.82) is 0 Å². The zero-order valence-corrected chi connectivity index (χ0v) is 25.2. The number of aromatic nitrogens is 2. The van der Waals surface area contributed by atoms with Crippen LogP contribution >= 0.6 is 0 Å². The molecule has 0 radical (unpaired) electrons. The number of nitrogens with zero attached hydrogens (tertiary/aromatic N) is 2. The molecule has 2 aliphatic rings. The summed E-state index contributed by atoms with van der Waals surface area (Å²) in [7, 11) is 2.04. The molecule has 1 aliphatic heterocycles. The molecule has 1 aromatic carbocycles. The van der Waals surface area contributed by atoms with Crippen LogP contribution in [0, 0.1) is 25.1 Å². The van der Waals surface area contributed by atoms with Crippen molar-refractivity contribution in [1.82, 2.24) is 9.55 Å². The van der Waals surface area contributed by atoms with E-state index in [0.29, 0.717) is 52.5 Å². The monoisotopic (exact) mass is 550 g/mol. The van der Waals surface area contributed by atoms with Crippen molar-refractivity contribution in [3.05, 3.63) is 46.0 Å². The van der Waals surface area contributed by atoms with Crippen molar-refractivity contribution in [2.45, 2.75) is 105 Å². The van der Waals surface area contributed by atoms with Crippen LogP contribution in [0.15, 0.2) is 12.1 Å². The van der Waals surface area contributed by atoms with Crippen LogP contribution in [0.5, 0.6) is 5.75 Å². The summed E-state index contributed by atoms with van der Waals surface area (Å²) >= 11 is 0. The largest absolute Gasteiger partial charge is 0.490 e. The first-order valence-electron chi connectivity index (χ1n) is 14.5. The minimum Gasteiger partial charge on any atom is -0.490 e. The van der Waals surface area contributed by atoms with E-state index in [2.05, 4.69) is 24.5 Å². The fourth-order valence-electron chi connectivity index (χ4n) is 6.68. The zero-order chi connectivity index (χ0) is 29.1. The van der Waals surface area contributed by atoms with Crippen molar-refractivity contribution in [3.63, 3.8) is 0 Å². The molecule has 7 heteroatoms. The number of pyridine rings is 1. The Labute approximate surface area is 236 Å². The Kier molecular flexibility index (Phi) is 7.26. The predicted octanol–water partition coefficient (Wildman–Crippen LogP) is 7.95. The lowest BCUT2D eigenvalue weighted by Crippen LogP contribution is -2.28. The lowest BCUT2D eigenvalue weighted by atomic mass is 9.72. The molecule has 216 valence electrons. The van der Waals surface area contributed by atoms with Gasteiger partial charge in [-0.25, -0.2) is 14.2 Å². The lowest BCUT2D eigenvalue weighted by Gasteiger charge is -2.34. The summed E-state index contributed by atoms with van der Waals surface area (Å²) < 4.78 is 29.7. The molecule has 1 aliphatic carbocycles. The third-order valence-corrected chi connectivity index (χ3v) is 8.86. The maximum atomic E-state index is 15.6. The first-order chi connectivity index (χ1) is 18.7. The van der Waals surface area contributed by atoms with Gasteiger partial charge >= 0.3 is 5.97 Å². The molecule has 3 heterocycles. The van der Waals surface area contributed by atoms with Crippen molar-refractivity contribution < 1.29 is 23.8 Å². The molecule has 0 spiro atoms. The molecule has 0 bridgehead atoms. The van der Waals surface area contributed by atoms with Crippen LogP contribution in [0.2, 0.25) is 0 Å². The average molecular weight is 551 g/mol. The van der Waals surface area contributed by atoms with Gasteiger partial charge in [-0.3, -0.25) is 0 Å². The lowest BCUT2D eigenvalue weighted by molar-refractivity contribution is -0.160. The quantitative estimate of drug-likeness (QED) is 0.349. The summed E-state index contributed by atoms with van der Waals surface area (Å²) in [6.07, 6.45) is 4.75. The molecule has 1 N–H and O–H groups in total. The van der Waals surface area contributed by atoms with E-state index in [4.69, 9.17) is 14.5 Å². The van der Waals surface area contributed by atoms with Crippen molar-refractivity contribution in [3.8, 4) is 16.9 Å². The Morgan fingerprint density at radius 1 is 1.23 bits per heavy atom. The highest BCUT2D eigenvalue weighted by Gasteiger charge is 2.35. The number of rotatable bonds is 5. The molecule has 0 saturated heterocycles. The zero-order valence-electron chi connectivity index (χ0n) is 25.2. The number of halogens is 1. The SMILES string of the molecule is Cc1nc2c(cc(C3CCC(C)(C)CC3)n2C)c(-c2cc(F)c3c(c2C)CCCO3)c1[C@H](OC(C)(C)C)C(=O)O. The smallest absolute Gasteiger partial charge is 0.337 e. The highest BCUT2D eigenvalue weighted by atomic mass is 19.1. The van der Waals surface area contributed by atoms with Gasteiger partial charge in [0.2, 0.25) is 0 Å². The standard InChI is InChI=1S/C33H43FN2O4/c1-18-21-10-9-15-39-28(21)24(34)16-22(18)27-23-17-25(20-11-13-33(6,7)14-12-20)36(8)30(23)35-19(2)26(27)29(31(37)38)40-32(3,4)5/h16-17,20,29H,9-15H2,1-8H3,(H,37,38)/t29-/m0/s1. The number of aryl methyl sites for hydroxylation is 2. The number of aliphatic carboxylic acids is 1. The topological polar surface area (TPSA) is 73.6 Å². The predicted molar refractivity (Wildman–Crippen MR) is 156 cm³/mol. The second-order valence-corrected chi connectivity index (χ2v) is 13.5. The van der Waals surface area contributed by atoms with Gasteiger partial charge in [-0.2, -0.15) is 0 Å². The third kappa shape index (κ3) is 5.13. The molecule has 1 atom stereocenters. The van der Waals surface area contributed by atoms with E-state index < -0.39 is 23.5 Å². The maximum Gasteiger partial charge on any atom is 0.337 e. The number of carbonyl (C=O) groups is 1. The molecule has 40 heavy (non-hydrogen) atoms. The van der Waals surface area contributed by atoms with Gasteiger partial charge in [0.25, 0.3) is 0 Å². The first kappa shape index (κ1) is 28.6. The van der Waals surface area contributed by atoms with Crippen LogP contribution in [0.4, 0.5) is 4.39 Å². The number of ether oxygens (including phenoxy) is 2. The number of hydrogen-bond donors (Lipinski definition) is 1. The highest BCUT2D eigenvalue weighted by Crippen LogP contribution is 2.47. The molecule has 1 saturated carbocycles. The molecular weight excluding hydrogens is 507 g/mol. The second-order valence-electron chi connectivity index (χ2n) is 13.5. The minimum atomic E-state index is -1.26. The molecule has 5 rings (SSSR count). The molecular formula is C33H43FN2O4. The van der Waals surface area contributed by atoms with E-state index in [-0.39, 0.29) is 0 Å². The van der Waals surface area contributed by atoms with Gasteiger partial charge in [-0.05, 0) is 108 Å². The Balaban J connectivity index is 1.82. The normalized spacial score (nSPS) is 18.4. The van der Waals surface area contributed by atoms with E-state index in [1.165, 1.54) is 11.8 Å². The minimum absolute atomic E-state index is 0.315. The third-order valence-electron chi connectivity index (χ3n) is 8.86. The molecule has 6 nitrogen and oxygen atoms in total. The van der Waals surface area contributed by atoms with Crippen molar-refractivity contribution in [2.75, 3.05) is 6.61 Å². The van der Waals surface area contributed by atoms with Gasteiger partial charge in [0, 0.05) is 40.5 Å². The van der Waals surface area contributed by atoms with Gasteiger partial charge < -0.3 is 19.1 Å². The molecule has 3 aromatic rings. The summed E-state index contributed by atoms with van der Waals surface area (Å²) in [5.41, 5.74) is 5.79. The summed E-state index contributed by atoms with van der Waals surface area (Å²) in [6, 6.07) is 3.69. The fraction of sp³-hybridized carbons (Fsp3) is 0.576. The van der Waals surface area contributed by atoms with E-state index in [1.54, 1.807) is 0 Å². The van der Waals surface area contributed by atoms with Crippen LogP contribution in [0.25, 0.3) is 22.2 Å². The number of hydrogen-bond acceptors (Lipinski definition) is 4. The van der Waals surface area contributed by atoms with Crippen LogP contribution in [-0.4, -0.2) is 32.8 Å². The highest BCUT2D eigenvalue weighted by molar-refractivity contribution is 5.99. The van der Waals surface area contributed by atoms with E-state index >= 15 is 4.39 Å². The summed E-state index contributed by atoms with van der Waals surface area (Å²) in [6.45, 7) is 14.5. The molecule has 0 unspecified atom stereocenters. The van der Waals surface area contributed by atoms with E-state index in [1.807, 2.05) is 41.7 Å². The summed E-state index contributed by atoms with van der Waals surface area (Å²) in [5, 5.41) is 11.3. The maximum absolute atomic E-state index is 15.6. The number of fused-ring (bicyclic) bond motifs is 2. The van der Waals surface area contributed by atoms with Gasteiger partial charge in [0.05, 0.1) is 12.2 Å². The van der Waals surface area contributed by atoms with Crippen LogP contribution < -0.4 is 4.74 Å². The van der Waals surface area contributed by atoms with Gasteiger partial charge in [-0.15, -0.1) is 0 Å². The number of benzene rings is 1. The van der Waals surface area contributed by atoms with Gasteiger partial charge in [0.1, 0.15) is 5.65 Å². The average Bonchev–Trinajstić information content (AvgIpc) is 3.19. The van der Waals surface area contributed by atoms with Crippen LogP contribution in [0.1, 0.15) is 107 Å². The number of carboxylic acid groups (broad SMARTS) is 1. The van der Waals surface area contributed by atoms with Crippen LogP contribution in [0.3, 0.4) is 0 Å². The van der Waals surface area contributed by atoms with Crippen molar-refractivity contribution >= 4 is 17.0 Å². The Morgan fingerprint density at radius 2 is 1.90 bits per heavy atom. The van der Waals surface area contributed by atoms with E-state index in [9.17, 15) is 9.90 Å². The van der Waals surface area contributed by atoms with Gasteiger partial charge in [0.15, 0.2) is 17.7 Å². The Morgan fingerprint density at radius 3 is 2.52 bits per heavy atom. The Bertz CT molecular complexity index is 1470. The first-order valence-corrected chi connectivity index (χ1v) is 14.5. The van der Waals surface area contributed by atoms with Gasteiger partial charge in [-0.1, -0.05) is 13.8 Å². The fourth-order valence-corrected chi connectivity index (χ4v) is 6.68. The molecule has 0 amide bonds. The van der Waals surface area contributed by atoms with Crippen LogP contribution in [-0.2, 0) is 23.0 Å². The summed E-state index contributed by atoms with van der Waals surface area (Å²) in [5.74, 6) is -0.807. The molecule has 2 aromatic heterocycles. The summed E-state index contributed by atoms with van der Waals surface area (Å²) in [4.78, 5) is 17.7. The number of carboxylic acids is 1. The van der Waals surface area contributed by atoms with E-state index in [0.717, 1.165) is 54.3 Å². The van der Waals surface area contributed by atoms with Crippen molar-refractivity contribution in [2.24, 2.45) is 12.5 Å².